The molecule has 5 aromatic rings. The van der Waals surface area contributed by atoms with Gasteiger partial charge in [-0.05, 0) is 48.2 Å². The van der Waals surface area contributed by atoms with Crippen molar-refractivity contribution in [3.05, 3.63) is 102 Å². The lowest BCUT2D eigenvalue weighted by Crippen LogP contribution is -2.48. The van der Waals surface area contributed by atoms with E-state index in [1.807, 2.05) is 98.4 Å². The second-order valence-electron chi connectivity index (χ2n) is 13.1. The highest BCUT2D eigenvalue weighted by Gasteiger charge is 2.32. The largest absolute Gasteiger partial charge is 0.488 e. The van der Waals surface area contributed by atoms with Crippen LogP contribution < -0.4 is 15.4 Å². The summed E-state index contributed by atoms with van der Waals surface area (Å²) in [6.07, 6.45) is 1.72. The Bertz CT molecular complexity index is 2000. The molecule has 1 aromatic heterocycles. The normalized spacial score (nSPS) is 17.0. The molecule has 4 aromatic carbocycles. The molecule has 6 rings (SSSR count). The zero-order chi connectivity index (χ0) is 34.7. The van der Waals surface area contributed by atoms with E-state index in [1.165, 1.54) is 0 Å². The lowest BCUT2D eigenvalue weighted by molar-refractivity contribution is -0.134. The Morgan fingerprint density at radius 1 is 1.00 bits per heavy atom. The second kappa shape index (κ2) is 14.4. The van der Waals surface area contributed by atoms with E-state index in [2.05, 4.69) is 10.6 Å². The van der Waals surface area contributed by atoms with Crippen molar-refractivity contribution in [1.82, 2.24) is 14.4 Å². The number of hydrogen-bond acceptors (Lipinski definition) is 5. The topological polar surface area (TPSA) is 116 Å². The number of rotatable bonds is 8. The number of benzene rings is 4. The molecule has 0 radical (unpaired) electrons. The zero-order valence-electron chi connectivity index (χ0n) is 28.3. The number of carbonyl (C=O) groups excluding carboxylic acids is 3. The van der Waals surface area contributed by atoms with Crippen LogP contribution in [0.25, 0.3) is 21.7 Å². The fraction of sp³-hybridized carbons (Fsp3) is 0.308. The molecule has 0 aliphatic carbocycles. The Balaban J connectivity index is 1.22. The number of aryl methyl sites for hydroxylation is 1. The number of carbonyl (C=O) groups is 3. The molecule has 0 spiro atoms. The van der Waals surface area contributed by atoms with Crippen molar-refractivity contribution in [2.75, 3.05) is 37.4 Å². The molecule has 3 N–H and O–H groups in total. The van der Waals surface area contributed by atoms with Crippen LogP contribution in [-0.4, -0.2) is 76.2 Å². The Hall–Kier alpha value is -5.35. The van der Waals surface area contributed by atoms with E-state index in [0.29, 0.717) is 29.2 Å². The summed E-state index contributed by atoms with van der Waals surface area (Å²) in [6.45, 7) is 4.20. The molecule has 3 atom stereocenters. The van der Waals surface area contributed by atoms with Gasteiger partial charge in [-0.25, -0.2) is 4.79 Å². The maximum Gasteiger partial charge on any atom is 0.321 e. The quantitative estimate of drug-likeness (QED) is 0.194. The number of ether oxygens (including phenoxy) is 1. The van der Waals surface area contributed by atoms with E-state index in [1.54, 1.807) is 35.0 Å². The predicted molar refractivity (Wildman–Crippen MR) is 193 cm³/mol. The maximum atomic E-state index is 13.7. The molecule has 1 aliphatic heterocycles. The van der Waals surface area contributed by atoms with E-state index in [4.69, 9.17) is 4.74 Å². The van der Waals surface area contributed by atoms with Gasteiger partial charge in [-0.3, -0.25) is 9.59 Å². The van der Waals surface area contributed by atoms with E-state index >= 15 is 0 Å². The first kappa shape index (κ1) is 33.5. The van der Waals surface area contributed by atoms with Crippen molar-refractivity contribution in [3.8, 4) is 5.75 Å². The molecular formula is C39H43N5O5. The van der Waals surface area contributed by atoms with Gasteiger partial charge in [-0.15, -0.1) is 0 Å². The number of urea groups is 1. The highest BCUT2D eigenvalue weighted by Crippen LogP contribution is 2.30. The molecule has 10 nitrogen and oxygen atoms in total. The Morgan fingerprint density at radius 3 is 2.53 bits per heavy atom. The third-order valence-electron chi connectivity index (χ3n) is 9.36. The van der Waals surface area contributed by atoms with Crippen LogP contribution in [0.5, 0.6) is 5.75 Å². The molecule has 254 valence electrons. The minimum atomic E-state index is -0.479. The molecule has 0 saturated heterocycles. The lowest BCUT2D eigenvalue weighted by Gasteiger charge is -2.34. The van der Waals surface area contributed by atoms with Crippen LogP contribution in [0.2, 0.25) is 0 Å². The van der Waals surface area contributed by atoms with Crippen molar-refractivity contribution in [3.63, 3.8) is 0 Å². The van der Waals surface area contributed by atoms with Gasteiger partial charge in [0.25, 0.3) is 0 Å². The van der Waals surface area contributed by atoms with Crippen molar-refractivity contribution in [1.29, 1.82) is 0 Å². The molecule has 4 amide bonds. The van der Waals surface area contributed by atoms with Gasteiger partial charge in [0.2, 0.25) is 11.8 Å². The summed E-state index contributed by atoms with van der Waals surface area (Å²) in [7, 11) is 3.68. The van der Waals surface area contributed by atoms with Crippen molar-refractivity contribution in [2.45, 2.75) is 38.8 Å². The van der Waals surface area contributed by atoms with Gasteiger partial charge in [0.05, 0.1) is 37.7 Å². The molecule has 0 unspecified atom stereocenters. The third kappa shape index (κ3) is 7.39. The zero-order valence-corrected chi connectivity index (χ0v) is 28.3. The van der Waals surface area contributed by atoms with Gasteiger partial charge in [0.1, 0.15) is 11.9 Å². The van der Waals surface area contributed by atoms with E-state index < -0.39 is 12.1 Å². The summed E-state index contributed by atoms with van der Waals surface area (Å²) in [5, 5.41) is 19.1. The lowest BCUT2D eigenvalue weighted by atomic mass is 10.0. The molecule has 0 saturated carbocycles. The third-order valence-corrected chi connectivity index (χ3v) is 9.36. The summed E-state index contributed by atoms with van der Waals surface area (Å²) >= 11 is 0. The number of aromatic nitrogens is 1. The molecular weight excluding hydrogens is 618 g/mol. The average molecular weight is 662 g/mol. The Morgan fingerprint density at radius 2 is 1.73 bits per heavy atom. The fourth-order valence-electron chi connectivity index (χ4n) is 6.57. The Kier molecular flexibility index (Phi) is 9.87. The summed E-state index contributed by atoms with van der Waals surface area (Å²) in [5.74, 6) is 0.00283. The molecule has 2 heterocycles. The van der Waals surface area contributed by atoms with E-state index in [0.717, 1.165) is 27.2 Å². The first-order valence-corrected chi connectivity index (χ1v) is 16.6. The average Bonchev–Trinajstić information content (AvgIpc) is 3.43. The highest BCUT2D eigenvalue weighted by molar-refractivity contribution is 6.01. The number of anilines is 2. The minimum Gasteiger partial charge on any atom is -0.488 e. The second-order valence-corrected chi connectivity index (χ2v) is 13.1. The molecule has 49 heavy (non-hydrogen) atoms. The number of nitrogens with one attached hydrogen (secondary N) is 2. The number of para-hydroxylation sites is 1. The van der Waals surface area contributed by atoms with Crippen molar-refractivity contribution >= 4 is 50.9 Å². The number of aliphatic hydroxyl groups excluding tert-OH is 1. The molecule has 0 bridgehead atoms. The SMILES string of the molecule is C[C@@H]1CN([C@H](C)CO)C(=O)Cc2cc(NC(=O)Cc3cn(C)c4ccccc34)ccc2O[C@@H]1CN(C)C(=O)Nc1cccc2ccccc12. The number of likely N-dealkylation sites (N-methyl/N-ethyl adjacent to an activating group) is 1. The standard InChI is InChI=1S/C39H43N5O5/c1-25-21-44(26(2)24-45)38(47)20-28-18-30(40-37(46)19-29-22-42(3)34-15-8-7-13-32(29)34)16-17-35(28)49-36(25)23-43(4)39(48)41-33-14-9-11-27-10-5-6-12-31(27)33/h5-18,22,25-26,36,45H,19-21,23-24H2,1-4H3,(H,40,46)(H,41,48)/t25-,26-,36-/m1/s1. The van der Waals surface area contributed by atoms with Gasteiger partial charge in [0, 0.05) is 60.3 Å². The highest BCUT2D eigenvalue weighted by atomic mass is 16.5. The van der Waals surface area contributed by atoms with E-state index in [-0.39, 0.29) is 49.8 Å². The first-order valence-electron chi connectivity index (χ1n) is 16.6. The van der Waals surface area contributed by atoms with Crippen molar-refractivity contribution in [2.24, 2.45) is 13.0 Å². The monoisotopic (exact) mass is 661 g/mol. The van der Waals surface area contributed by atoms with Gasteiger partial charge in [0.15, 0.2) is 0 Å². The van der Waals surface area contributed by atoms with Gasteiger partial charge in [-0.2, -0.15) is 0 Å². The first-order chi connectivity index (χ1) is 23.6. The molecule has 10 heteroatoms. The predicted octanol–water partition coefficient (Wildman–Crippen LogP) is 5.83. The maximum absolute atomic E-state index is 13.7. The fourth-order valence-corrected chi connectivity index (χ4v) is 6.57. The van der Waals surface area contributed by atoms with Crippen LogP contribution in [0.1, 0.15) is 25.0 Å². The van der Waals surface area contributed by atoms with E-state index in [9.17, 15) is 19.5 Å². The van der Waals surface area contributed by atoms with Crippen LogP contribution in [-0.2, 0) is 29.5 Å². The van der Waals surface area contributed by atoms with Gasteiger partial charge >= 0.3 is 6.03 Å². The number of aliphatic hydroxyl groups is 1. The summed E-state index contributed by atoms with van der Waals surface area (Å²) in [4.78, 5) is 43.6. The van der Waals surface area contributed by atoms with Crippen molar-refractivity contribution < 1.29 is 24.2 Å². The minimum absolute atomic E-state index is 0.0313. The Labute approximate surface area is 286 Å². The van der Waals surface area contributed by atoms with Crippen LogP contribution >= 0.6 is 0 Å². The number of amides is 4. The molecule has 1 aliphatic rings. The van der Waals surface area contributed by atoms with Gasteiger partial charge < -0.3 is 34.8 Å². The number of fused-ring (bicyclic) bond motifs is 3. The van der Waals surface area contributed by atoms with Crippen LogP contribution in [0, 0.1) is 5.92 Å². The summed E-state index contributed by atoms with van der Waals surface area (Å²) in [5.41, 5.74) is 3.87. The van der Waals surface area contributed by atoms with Crippen LogP contribution in [0.4, 0.5) is 16.2 Å². The van der Waals surface area contributed by atoms with Crippen LogP contribution in [0.15, 0.2) is 91.1 Å². The van der Waals surface area contributed by atoms with Crippen LogP contribution in [0.3, 0.4) is 0 Å². The molecule has 0 fully saturated rings. The smallest absolute Gasteiger partial charge is 0.321 e. The number of hydrogen-bond donors (Lipinski definition) is 3. The summed E-state index contributed by atoms with van der Waals surface area (Å²) in [6, 6.07) is 26.3. The summed E-state index contributed by atoms with van der Waals surface area (Å²) < 4.78 is 8.62. The van der Waals surface area contributed by atoms with Gasteiger partial charge in [-0.1, -0.05) is 61.5 Å². The number of nitrogens with zero attached hydrogens (tertiary/aromatic N) is 3.